The van der Waals surface area contributed by atoms with Gasteiger partial charge in [-0.1, -0.05) is 18.2 Å². The largest absolute Gasteiger partial charge is 0.481 e. The van der Waals surface area contributed by atoms with Gasteiger partial charge in [-0.05, 0) is 13.0 Å². The highest BCUT2D eigenvalue weighted by Gasteiger charge is 2.43. The quantitative estimate of drug-likeness (QED) is 0.833. The number of carboxylic acid groups (broad SMARTS) is 1. The molecule has 0 saturated heterocycles. The number of nitrogens with one attached hydrogen (secondary N) is 1. The molecule has 0 bridgehead atoms. The second-order valence-corrected chi connectivity index (χ2v) is 4.30. The Hall–Kier alpha value is -2.12. The predicted octanol–water partition coefficient (Wildman–Crippen LogP) is 1.85. The molecule has 1 aromatic rings. The third-order valence-corrected chi connectivity index (χ3v) is 2.80. The predicted molar refractivity (Wildman–Crippen MR) is 60.5 cm³/mol. The Morgan fingerprint density at radius 3 is 2.25 bits per heavy atom. The topological polar surface area (TPSA) is 66.4 Å². The summed E-state index contributed by atoms with van der Waals surface area (Å²) in [5.74, 6) is -4.70. The first-order chi connectivity index (χ1) is 9.09. The summed E-state index contributed by atoms with van der Waals surface area (Å²) >= 11 is 0. The van der Waals surface area contributed by atoms with Crippen LogP contribution in [0.1, 0.15) is 12.5 Å². The van der Waals surface area contributed by atoms with E-state index in [4.69, 9.17) is 5.11 Å². The minimum Gasteiger partial charge on any atom is -0.481 e. The van der Waals surface area contributed by atoms with Gasteiger partial charge in [0.15, 0.2) is 0 Å². The van der Waals surface area contributed by atoms with Crippen LogP contribution in [0, 0.1) is 5.82 Å². The van der Waals surface area contributed by atoms with Crippen LogP contribution in [-0.4, -0.2) is 29.7 Å². The molecule has 1 atom stereocenters. The zero-order valence-corrected chi connectivity index (χ0v) is 10.3. The average Bonchev–Trinajstić information content (AvgIpc) is 2.34. The van der Waals surface area contributed by atoms with E-state index in [9.17, 15) is 27.2 Å². The number of amides is 1. The second-order valence-electron chi connectivity index (χ2n) is 4.30. The maximum absolute atomic E-state index is 13.6. The monoisotopic (exact) mass is 293 g/mol. The Morgan fingerprint density at radius 2 is 1.80 bits per heavy atom. The molecule has 0 aliphatic rings. The number of aliphatic carboxylic acids is 1. The molecule has 0 spiro atoms. The number of carbonyl (C=O) groups excluding carboxylic acids is 1. The van der Waals surface area contributed by atoms with Crippen LogP contribution in [0.3, 0.4) is 0 Å². The van der Waals surface area contributed by atoms with Gasteiger partial charge in [-0.25, -0.2) is 4.39 Å². The molecule has 0 saturated carbocycles. The third-order valence-electron chi connectivity index (χ3n) is 2.80. The van der Waals surface area contributed by atoms with Gasteiger partial charge >= 0.3 is 18.1 Å². The number of hydrogen-bond acceptors (Lipinski definition) is 2. The van der Waals surface area contributed by atoms with Crippen LogP contribution in [-0.2, 0) is 15.0 Å². The number of hydrogen-bond donors (Lipinski definition) is 2. The molecule has 20 heavy (non-hydrogen) atoms. The van der Waals surface area contributed by atoms with Gasteiger partial charge in [0.1, 0.15) is 11.2 Å². The lowest BCUT2D eigenvalue weighted by molar-refractivity contribution is -0.174. The molecular weight excluding hydrogens is 282 g/mol. The molecule has 1 aromatic carbocycles. The lowest BCUT2D eigenvalue weighted by Crippen LogP contribution is -2.48. The number of halogens is 4. The van der Waals surface area contributed by atoms with Crippen LogP contribution < -0.4 is 5.32 Å². The van der Waals surface area contributed by atoms with E-state index in [-0.39, 0.29) is 5.56 Å². The van der Waals surface area contributed by atoms with Crippen LogP contribution in [0.25, 0.3) is 0 Å². The first-order valence-corrected chi connectivity index (χ1v) is 5.42. The van der Waals surface area contributed by atoms with E-state index < -0.39 is 35.8 Å². The van der Waals surface area contributed by atoms with E-state index in [0.717, 1.165) is 19.1 Å². The summed E-state index contributed by atoms with van der Waals surface area (Å²) in [5.41, 5.74) is -2.32. The summed E-state index contributed by atoms with van der Waals surface area (Å²) in [6, 6.07) is 4.80. The SMILES string of the molecule is CC(CNC(=O)C(F)(F)F)(C(=O)O)c1ccccc1F. The van der Waals surface area contributed by atoms with Crippen molar-refractivity contribution < 1.29 is 32.3 Å². The van der Waals surface area contributed by atoms with Crippen molar-refractivity contribution in [3.63, 3.8) is 0 Å². The van der Waals surface area contributed by atoms with E-state index >= 15 is 0 Å². The fourth-order valence-corrected chi connectivity index (χ4v) is 1.55. The van der Waals surface area contributed by atoms with Gasteiger partial charge in [0, 0.05) is 12.1 Å². The number of alkyl halides is 3. The molecule has 1 amide bonds. The second kappa shape index (κ2) is 5.48. The van der Waals surface area contributed by atoms with Crippen molar-refractivity contribution in [2.24, 2.45) is 0 Å². The number of rotatable bonds is 4. The van der Waals surface area contributed by atoms with Crippen LogP contribution in [0.5, 0.6) is 0 Å². The summed E-state index contributed by atoms with van der Waals surface area (Å²) < 4.78 is 49.8. The highest BCUT2D eigenvalue weighted by molar-refractivity contribution is 5.85. The smallest absolute Gasteiger partial charge is 0.471 e. The van der Waals surface area contributed by atoms with E-state index in [1.165, 1.54) is 17.4 Å². The summed E-state index contributed by atoms with van der Waals surface area (Å²) in [6.45, 7) is 0.145. The maximum atomic E-state index is 13.6. The fraction of sp³-hybridized carbons (Fsp3) is 0.333. The minimum atomic E-state index is -5.13. The molecule has 4 nitrogen and oxygen atoms in total. The zero-order chi connectivity index (χ0) is 15.6. The van der Waals surface area contributed by atoms with E-state index in [1.807, 2.05) is 0 Å². The summed E-state index contributed by atoms with van der Waals surface area (Å²) in [4.78, 5) is 22.0. The molecule has 0 fully saturated rings. The molecule has 0 aliphatic carbocycles. The Morgan fingerprint density at radius 1 is 1.25 bits per heavy atom. The summed E-state index contributed by atoms with van der Waals surface area (Å²) in [6.07, 6.45) is -5.13. The van der Waals surface area contributed by atoms with Gasteiger partial charge in [0.2, 0.25) is 0 Å². The lowest BCUT2D eigenvalue weighted by atomic mass is 9.82. The zero-order valence-electron chi connectivity index (χ0n) is 10.3. The Labute approximate surface area is 111 Å². The van der Waals surface area contributed by atoms with Gasteiger partial charge in [-0.3, -0.25) is 9.59 Å². The van der Waals surface area contributed by atoms with Crippen LogP contribution >= 0.6 is 0 Å². The Bertz CT molecular complexity index is 530. The summed E-state index contributed by atoms with van der Waals surface area (Å²) in [5, 5.41) is 10.6. The third kappa shape index (κ3) is 3.25. The van der Waals surface area contributed by atoms with E-state index in [2.05, 4.69) is 0 Å². The number of benzene rings is 1. The van der Waals surface area contributed by atoms with Crippen molar-refractivity contribution in [3.05, 3.63) is 35.6 Å². The molecular formula is C12H11F4NO3. The average molecular weight is 293 g/mol. The minimum absolute atomic E-state index is 0.310. The fourth-order valence-electron chi connectivity index (χ4n) is 1.55. The van der Waals surface area contributed by atoms with Crippen molar-refractivity contribution >= 4 is 11.9 Å². The van der Waals surface area contributed by atoms with Gasteiger partial charge in [-0.15, -0.1) is 0 Å². The van der Waals surface area contributed by atoms with Gasteiger partial charge in [-0.2, -0.15) is 13.2 Å². The first kappa shape index (κ1) is 15.9. The molecule has 1 unspecified atom stereocenters. The molecule has 0 aliphatic heterocycles. The van der Waals surface area contributed by atoms with Crippen LogP contribution in [0.15, 0.2) is 24.3 Å². The standard InChI is InChI=1S/C12H11F4NO3/c1-11(10(19)20,6-17-9(18)12(14,15)16)7-4-2-3-5-8(7)13/h2-5H,6H2,1H3,(H,17,18)(H,19,20). The molecule has 0 aromatic heterocycles. The highest BCUT2D eigenvalue weighted by atomic mass is 19.4. The van der Waals surface area contributed by atoms with Crippen molar-refractivity contribution in [1.29, 1.82) is 0 Å². The highest BCUT2D eigenvalue weighted by Crippen LogP contribution is 2.26. The van der Waals surface area contributed by atoms with Crippen molar-refractivity contribution in [2.45, 2.75) is 18.5 Å². The normalized spacial score (nSPS) is 14.4. The first-order valence-electron chi connectivity index (χ1n) is 5.42. The van der Waals surface area contributed by atoms with E-state index in [1.54, 1.807) is 0 Å². The number of carboxylic acids is 1. The Balaban J connectivity index is 3.04. The van der Waals surface area contributed by atoms with Crippen LogP contribution in [0.4, 0.5) is 17.6 Å². The van der Waals surface area contributed by atoms with Crippen molar-refractivity contribution in [3.8, 4) is 0 Å². The molecule has 1 rings (SSSR count). The molecule has 0 radical (unpaired) electrons. The van der Waals surface area contributed by atoms with Gasteiger partial charge in [0.05, 0.1) is 0 Å². The molecule has 8 heteroatoms. The maximum Gasteiger partial charge on any atom is 0.471 e. The molecule has 0 heterocycles. The molecule has 2 N–H and O–H groups in total. The lowest BCUT2D eigenvalue weighted by Gasteiger charge is -2.26. The molecule has 110 valence electrons. The number of carbonyl (C=O) groups is 2. The summed E-state index contributed by atoms with van der Waals surface area (Å²) in [7, 11) is 0. The van der Waals surface area contributed by atoms with Gasteiger partial charge in [0.25, 0.3) is 0 Å². The Kier molecular flexibility index (Phi) is 4.36. The van der Waals surface area contributed by atoms with Crippen molar-refractivity contribution in [1.82, 2.24) is 5.32 Å². The van der Waals surface area contributed by atoms with E-state index in [0.29, 0.717) is 0 Å². The van der Waals surface area contributed by atoms with Crippen LogP contribution in [0.2, 0.25) is 0 Å². The van der Waals surface area contributed by atoms with Gasteiger partial charge < -0.3 is 10.4 Å². The van der Waals surface area contributed by atoms with Crippen molar-refractivity contribution in [2.75, 3.05) is 6.54 Å².